The summed E-state index contributed by atoms with van der Waals surface area (Å²) in [6.45, 7) is 0.407. The first kappa shape index (κ1) is 15.1. The van der Waals surface area contributed by atoms with Gasteiger partial charge in [0.2, 0.25) is 0 Å². The van der Waals surface area contributed by atoms with E-state index in [4.69, 9.17) is 11.6 Å². The van der Waals surface area contributed by atoms with Gasteiger partial charge in [-0.15, -0.1) is 11.8 Å². The maximum absolute atomic E-state index is 12.2. The van der Waals surface area contributed by atoms with Crippen LogP contribution in [-0.4, -0.2) is 34.0 Å². The van der Waals surface area contributed by atoms with Gasteiger partial charge in [0.05, 0.1) is 16.1 Å². The summed E-state index contributed by atoms with van der Waals surface area (Å²) in [6.07, 6.45) is 2.39. The summed E-state index contributed by atoms with van der Waals surface area (Å²) >= 11 is 7.56. The average molecular weight is 333 g/mol. The number of hydrogen-bond donors (Lipinski definition) is 0. The molecule has 22 heavy (non-hydrogen) atoms. The molecule has 4 nitrogen and oxygen atoms in total. The van der Waals surface area contributed by atoms with Crippen LogP contribution in [0.4, 0.5) is 0 Å². The van der Waals surface area contributed by atoms with Crippen LogP contribution in [0.1, 0.15) is 27.1 Å². The lowest BCUT2D eigenvalue weighted by molar-refractivity contribution is 0.0655. The van der Waals surface area contributed by atoms with Crippen LogP contribution in [0, 0.1) is 0 Å². The molecule has 0 N–H and O–H groups in total. The van der Waals surface area contributed by atoms with E-state index in [0.717, 1.165) is 10.8 Å². The van der Waals surface area contributed by atoms with Gasteiger partial charge in [0, 0.05) is 18.5 Å². The van der Waals surface area contributed by atoms with Crippen molar-refractivity contribution in [2.24, 2.45) is 0 Å². The Balaban J connectivity index is 1.56. The molecule has 0 atom stereocenters. The van der Waals surface area contributed by atoms with Crippen molar-refractivity contribution in [1.29, 1.82) is 0 Å². The van der Waals surface area contributed by atoms with Crippen molar-refractivity contribution >= 4 is 35.2 Å². The zero-order chi connectivity index (χ0) is 15.5. The maximum atomic E-state index is 12.2. The summed E-state index contributed by atoms with van der Waals surface area (Å²) in [5.74, 6) is 0.326. The normalized spacial score (nSPS) is 13.6. The fraction of sp³-hybridized carbons (Fsp3) is 0.188. The predicted molar refractivity (Wildman–Crippen MR) is 86.4 cm³/mol. The molecule has 2 amide bonds. The van der Waals surface area contributed by atoms with Crippen LogP contribution < -0.4 is 0 Å². The lowest BCUT2D eigenvalue weighted by Crippen LogP contribution is -2.31. The van der Waals surface area contributed by atoms with Crippen molar-refractivity contribution in [3.63, 3.8) is 0 Å². The van der Waals surface area contributed by atoms with E-state index in [9.17, 15) is 9.59 Å². The summed E-state index contributed by atoms with van der Waals surface area (Å²) in [7, 11) is 0. The topological polar surface area (TPSA) is 50.3 Å². The predicted octanol–water partition coefficient (Wildman–Crippen LogP) is 3.51. The Hall–Kier alpha value is -1.85. The first-order valence-corrected chi connectivity index (χ1v) is 8.23. The highest BCUT2D eigenvalue weighted by Crippen LogP contribution is 2.26. The Bertz CT molecular complexity index is 701. The van der Waals surface area contributed by atoms with Gasteiger partial charge < -0.3 is 0 Å². The standard InChI is InChI=1S/C16H13ClN2O2S/c17-13-7-3-8-18-14(13)22-10-4-9-19-15(20)11-5-1-2-6-12(11)16(19)21/h1-3,5-8H,4,9-10H2. The SMILES string of the molecule is O=C1c2ccccc2C(=O)N1CCCSc1ncccc1Cl. The van der Waals surface area contributed by atoms with Crippen LogP contribution >= 0.6 is 23.4 Å². The second kappa shape index (κ2) is 6.50. The molecule has 1 aliphatic rings. The van der Waals surface area contributed by atoms with E-state index >= 15 is 0 Å². The molecule has 0 bridgehead atoms. The molecule has 1 aromatic carbocycles. The van der Waals surface area contributed by atoms with Crippen molar-refractivity contribution in [2.75, 3.05) is 12.3 Å². The first-order valence-electron chi connectivity index (χ1n) is 6.87. The van der Waals surface area contributed by atoms with Gasteiger partial charge in [0.15, 0.2) is 0 Å². The van der Waals surface area contributed by atoms with Crippen molar-refractivity contribution in [2.45, 2.75) is 11.4 Å². The number of hydrogen-bond acceptors (Lipinski definition) is 4. The minimum absolute atomic E-state index is 0.207. The lowest BCUT2D eigenvalue weighted by atomic mass is 10.1. The number of pyridine rings is 1. The number of thioether (sulfide) groups is 1. The molecule has 1 aliphatic heterocycles. The van der Waals surface area contributed by atoms with E-state index in [-0.39, 0.29) is 11.8 Å². The van der Waals surface area contributed by atoms with Crippen LogP contribution in [0.3, 0.4) is 0 Å². The number of benzene rings is 1. The number of carbonyl (C=O) groups is 2. The molecule has 6 heteroatoms. The Morgan fingerprint density at radius 2 is 1.73 bits per heavy atom. The van der Waals surface area contributed by atoms with Crippen molar-refractivity contribution in [1.82, 2.24) is 9.88 Å². The number of aromatic nitrogens is 1. The minimum Gasteiger partial charge on any atom is -0.274 e. The molecule has 0 aliphatic carbocycles. The number of carbonyl (C=O) groups excluding carboxylic acids is 2. The molecule has 112 valence electrons. The average Bonchev–Trinajstić information content (AvgIpc) is 2.78. The highest BCUT2D eigenvalue weighted by molar-refractivity contribution is 7.99. The molecular weight excluding hydrogens is 320 g/mol. The van der Waals surface area contributed by atoms with Crippen LogP contribution in [0.15, 0.2) is 47.6 Å². The third-order valence-corrected chi connectivity index (χ3v) is 4.88. The van der Waals surface area contributed by atoms with E-state index in [0.29, 0.717) is 29.1 Å². The molecule has 0 fully saturated rings. The quantitative estimate of drug-likeness (QED) is 0.477. The molecule has 1 aromatic heterocycles. The molecule has 0 saturated carbocycles. The lowest BCUT2D eigenvalue weighted by Gasteiger charge is -2.13. The summed E-state index contributed by atoms with van der Waals surface area (Å²) in [4.78, 5) is 29.9. The third-order valence-electron chi connectivity index (χ3n) is 3.37. The second-order valence-corrected chi connectivity index (χ2v) is 6.29. The molecule has 0 unspecified atom stereocenters. The van der Waals surface area contributed by atoms with Crippen molar-refractivity contribution < 1.29 is 9.59 Å². The Labute approximate surface area is 137 Å². The fourth-order valence-corrected chi connectivity index (χ4v) is 3.40. The zero-order valence-electron chi connectivity index (χ0n) is 11.7. The number of halogens is 1. The van der Waals surface area contributed by atoms with Crippen LogP contribution in [-0.2, 0) is 0 Å². The summed E-state index contributed by atoms with van der Waals surface area (Å²) < 4.78 is 0. The molecule has 0 radical (unpaired) electrons. The van der Waals surface area contributed by atoms with E-state index in [2.05, 4.69) is 4.98 Å². The molecule has 0 saturated heterocycles. The van der Waals surface area contributed by atoms with Gasteiger partial charge in [0.25, 0.3) is 11.8 Å². The first-order chi connectivity index (χ1) is 10.7. The van der Waals surface area contributed by atoms with Gasteiger partial charge >= 0.3 is 0 Å². The number of fused-ring (bicyclic) bond motifs is 1. The van der Waals surface area contributed by atoms with Gasteiger partial charge in [-0.25, -0.2) is 4.98 Å². The second-order valence-electron chi connectivity index (χ2n) is 4.80. The van der Waals surface area contributed by atoms with E-state index in [1.807, 2.05) is 0 Å². The fourth-order valence-electron chi connectivity index (χ4n) is 2.31. The number of imide groups is 1. The zero-order valence-corrected chi connectivity index (χ0v) is 13.2. The summed E-state index contributed by atoms with van der Waals surface area (Å²) in [5.41, 5.74) is 0.987. The number of rotatable bonds is 5. The Kier molecular flexibility index (Phi) is 4.45. The van der Waals surface area contributed by atoms with Crippen LogP contribution in [0.2, 0.25) is 5.02 Å². The van der Waals surface area contributed by atoms with Gasteiger partial charge in [-0.1, -0.05) is 23.7 Å². The van der Waals surface area contributed by atoms with E-state index in [1.54, 1.807) is 42.6 Å². The van der Waals surface area contributed by atoms with Crippen molar-refractivity contribution in [3.05, 3.63) is 58.7 Å². The molecular formula is C16H13ClN2O2S. The van der Waals surface area contributed by atoms with Gasteiger partial charge in [-0.05, 0) is 30.7 Å². The smallest absolute Gasteiger partial charge is 0.261 e. The molecule has 2 heterocycles. The highest BCUT2D eigenvalue weighted by atomic mass is 35.5. The molecule has 3 rings (SSSR count). The van der Waals surface area contributed by atoms with Crippen LogP contribution in [0.25, 0.3) is 0 Å². The van der Waals surface area contributed by atoms with Crippen LogP contribution in [0.5, 0.6) is 0 Å². The van der Waals surface area contributed by atoms with E-state index < -0.39 is 0 Å². The van der Waals surface area contributed by atoms with Crippen molar-refractivity contribution in [3.8, 4) is 0 Å². The largest absolute Gasteiger partial charge is 0.274 e. The van der Waals surface area contributed by atoms with Gasteiger partial charge in [-0.3, -0.25) is 14.5 Å². The molecule has 0 spiro atoms. The minimum atomic E-state index is -0.207. The highest BCUT2D eigenvalue weighted by Gasteiger charge is 2.34. The Morgan fingerprint density at radius 1 is 1.05 bits per heavy atom. The van der Waals surface area contributed by atoms with Gasteiger partial charge in [0.1, 0.15) is 5.03 Å². The third kappa shape index (κ3) is 2.87. The maximum Gasteiger partial charge on any atom is 0.261 e. The van der Waals surface area contributed by atoms with E-state index in [1.165, 1.54) is 16.7 Å². The molecule has 2 aromatic rings. The number of amides is 2. The van der Waals surface area contributed by atoms with Gasteiger partial charge in [-0.2, -0.15) is 0 Å². The Morgan fingerprint density at radius 3 is 2.36 bits per heavy atom. The monoisotopic (exact) mass is 332 g/mol. The summed E-state index contributed by atoms with van der Waals surface area (Å²) in [5, 5.41) is 1.39. The summed E-state index contributed by atoms with van der Waals surface area (Å²) in [6, 6.07) is 10.5. The number of nitrogens with zero attached hydrogens (tertiary/aromatic N) is 2.